The molecule has 1 fully saturated rings. The third kappa shape index (κ3) is 5.10. The Balaban J connectivity index is 1.56. The molecule has 0 bridgehead atoms. The van der Waals surface area contributed by atoms with Crippen LogP contribution in [0.1, 0.15) is 32.9 Å². The van der Waals surface area contributed by atoms with Gasteiger partial charge in [0, 0.05) is 37.0 Å². The molecule has 0 saturated carbocycles. The Bertz CT molecular complexity index is 1320. The SMILES string of the molecule is Cn1cc(-c2ccc3nc(NC(=O)[C@H]4CC(=O)CN4C(=O)OC(C)(C)C)nn3c2)c(C(F)(F)F)n1. The van der Waals surface area contributed by atoms with Crippen molar-refractivity contribution in [3.05, 3.63) is 30.2 Å². The van der Waals surface area contributed by atoms with E-state index in [1.54, 1.807) is 20.8 Å². The first-order chi connectivity index (χ1) is 16.2. The van der Waals surface area contributed by atoms with Crippen LogP contribution in [0.3, 0.4) is 0 Å². The highest BCUT2D eigenvalue weighted by molar-refractivity contribution is 6.02. The second-order valence-corrected chi connectivity index (χ2v) is 9.07. The van der Waals surface area contributed by atoms with E-state index in [9.17, 15) is 27.6 Å². The molecule has 186 valence electrons. The highest BCUT2D eigenvalue weighted by Gasteiger charge is 2.41. The van der Waals surface area contributed by atoms with Crippen molar-refractivity contribution in [3.63, 3.8) is 0 Å². The summed E-state index contributed by atoms with van der Waals surface area (Å²) in [7, 11) is 1.38. The maximum Gasteiger partial charge on any atom is 0.435 e. The van der Waals surface area contributed by atoms with Crippen molar-refractivity contribution in [2.45, 2.75) is 45.0 Å². The summed E-state index contributed by atoms with van der Waals surface area (Å²) in [6.45, 7) is 4.73. The van der Waals surface area contributed by atoms with E-state index < -0.39 is 35.5 Å². The molecule has 3 aromatic heterocycles. The third-order valence-corrected chi connectivity index (χ3v) is 5.05. The lowest BCUT2D eigenvalue weighted by molar-refractivity contribution is -0.141. The summed E-state index contributed by atoms with van der Waals surface area (Å²) in [6, 6.07) is 1.77. The Morgan fingerprint density at radius 1 is 1.14 bits per heavy atom. The van der Waals surface area contributed by atoms with Crippen LogP contribution in [-0.2, 0) is 27.5 Å². The molecule has 1 atom stereocenters. The number of Topliss-reactive ketones (excluding diaryl/α,β-unsaturated/α-hetero) is 1. The van der Waals surface area contributed by atoms with Crippen LogP contribution < -0.4 is 5.32 Å². The van der Waals surface area contributed by atoms with Gasteiger partial charge >= 0.3 is 12.3 Å². The molecule has 1 saturated heterocycles. The van der Waals surface area contributed by atoms with Crippen LogP contribution in [0, 0.1) is 0 Å². The summed E-state index contributed by atoms with van der Waals surface area (Å²) in [5, 5.41) is 10.1. The minimum atomic E-state index is -4.65. The Morgan fingerprint density at radius 2 is 1.86 bits per heavy atom. The number of aryl methyl sites for hydroxylation is 1. The van der Waals surface area contributed by atoms with Crippen LogP contribution in [0.4, 0.5) is 23.9 Å². The zero-order chi connectivity index (χ0) is 25.7. The van der Waals surface area contributed by atoms with E-state index in [0.29, 0.717) is 0 Å². The molecule has 11 nitrogen and oxygen atoms in total. The molecule has 35 heavy (non-hydrogen) atoms. The predicted molar refractivity (Wildman–Crippen MR) is 115 cm³/mol. The second kappa shape index (κ2) is 8.36. The number of ketones is 1. The van der Waals surface area contributed by atoms with Gasteiger partial charge in [0.25, 0.3) is 0 Å². The van der Waals surface area contributed by atoms with Gasteiger partial charge in [-0.2, -0.15) is 23.3 Å². The molecular weight excluding hydrogens is 471 g/mol. The lowest BCUT2D eigenvalue weighted by Gasteiger charge is -2.27. The molecule has 0 spiro atoms. The number of hydrogen-bond acceptors (Lipinski definition) is 7. The summed E-state index contributed by atoms with van der Waals surface area (Å²) in [5.74, 6) is -1.14. The predicted octanol–water partition coefficient (Wildman–Crippen LogP) is 2.67. The highest BCUT2D eigenvalue weighted by atomic mass is 19.4. The molecule has 2 amide bonds. The fraction of sp³-hybridized carbons (Fsp3) is 0.429. The molecular formula is C21H22F3N7O4. The number of fused-ring (bicyclic) bond motifs is 1. The first-order valence-corrected chi connectivity index (χ1v) is 10.5. The Kier molecular flexibility index (Phi) is 5.77. The van der Waals surface area contributed by atoms with Gasteiger partial charge in [-0.1, -0.05) is 0 Å². The number of amides is 2. The number of carbonyl (C=O) groups is 3. The average molecular weight is 493 g/mol. The molecule has 4 rings (SSSR count). The largest absolute Gasteiger partial charge is 0.444 e. The summed E-state index contributed by atoms with van der Waals surface area (Å²) >= 11 is 0. The van der Waals surface area contributed by atoms with E-state index in [-0.39, 0.29) is 41.5 Å². The Morgan fingerprint density at radius 3 is 2.51 bits per heavy atom. The van der Waals surface area contributed by atoms with Gasteiger partial charge < -0.3 is 4.74 Å². The maximum absolute atomic E-state index is 13.3. The molecule has 1 N–H and O–H groups in total. The number of alkyl halides is 3. The van der Waals surface area contributed by atoms with Gasteiger partial charge in [-0.15, -0.1) is 5.10 Å². The van der Waals surface area contributed by atoms with Crippen molar-refractivity contribution >= 4 is 29.4 Å². The van der Waals surface area contributed by atoms with Gasteiger partial charge in [0.1, 0.15) is 11.6 Å². The smallest absolute Gasteiger partial charge is 0.435 e. The second-order valence-electron chi connectivity index (χ2n) is 9.07. The minimum Gasteiger partial charge on any atom is -0.444 e. The van der Waals surface area contributed by atoms with Crippen LogP contribution in [-0.4, -0.2) is 65.2 Å². The fourth-order valence-corrected chi connectivity index (χ4v) is 3.64. The van der Waals surface area contributed by atoms with E-state index in [0.717, 1.165) is 9.58 Å². The first-order valence-electron chi connectivity index (χ1n) is 10.5. The molecule has 3 aromatic rings. The molecule has 0 unspecified atom stereocenters. The lowest BCUT2D eigenvalue weighted by atomic mass is 10.1. The normalized spacial score (nSPS) is 16.7. The zero-order valence-electron chi connectivity index (χ0n) is 19.3. The number of nitrogens with zero attached hydrogens (tertiary/aromatic N) is 6. The first kappa shape index (κ1) is 24.2. The number of carbonyl (C=O) groups excluding carboxylic acids is 3. The Hall–Kier alpha value is -3.97. The van der Waals surface area contributed by atoms with E-state index in [2.05, 4.69) is 20.5 Å². The minimum absolute atomic E-state index is 0.138. The van der Waals surface area contributed by atoms with Crippen molar-refractivity contribution in [2.75, 3.05) is 11.9 Å². The van der Waals surface area contributed by atoms with Gasteiger partial charge in [-0.25, -0.2) is 9.31 Å². The zero-order valence-corrected chi connectivity index (χ0v) is 19.3. The summed E-state index contributed by atoms with van der Waals surface area (Å²) in [6.07, 6.45) is -3.06. The molecule has 14 heteroatoms. The van der Waals surface area contributed by atoms with Gasteiger partial charge in [0.05, 0.1) is 6.54 Å². The fourth-order valence-electron chi connectivity index (χ4n) is 3.64. The summed E-state index contributed by atoms with van der Waals surface area (Å²) in [4.78, 5) is 42.4. The lowest BCUT2D eigenvalue weighted by Crippen LogP contribution is -2.45. The number of hydrogen-bond donors (Lipinski definition) is 1. The summed E-state index contributed by atoms with van der Waals surface area (Å²) < 4.78 is 47.6. The molecule has 0 radical (unpaired) electrons. The van der Waals surface area contributed by atoms with Crippen molar-refractivity contribution in [2.24, 2.45) is 7.05 Å². The number of likely N-dealkylation sites (tertiary alicyclic amines) is 1. The molecule has 1 aliphatic rings. The average Bonchev–Trinajstić information content (AvgIpc) is 3.41. The highest BCUT2D eigenvalue weighted by Crippen LogP contribution is 2.36. The van der Waals surface area contributed by atoms with Gasteiger partial charge in [-0.3, -0.25) is 24.5 Å². The summed E-state index contributed by atoms with van der Waals surface area (Å²) in [5.41, 5.74) is -1.54. The van der Waals surface area contributed by atoms with Gasteiger partial charge in [-0.05, 0) is 32.9 Å². The van der Waals surface area contributed by atoms with E-state index in [4.69, 9.17) is 4.74 Å². The van der Waals surface area contributed by atoms with E-state index >= 15 is 0 Å². The van der Waals surface area contributed by atoms with Crippen molar-refractivity contribution in [1.29, 1.82) is 0 Å². The van der Waals surface area contributed by atoms with E-state index in [1.807, 2.05) is 0 Å². The number of pyridine rings is 1. The quantitative estimate of drug-likeness (QED) is 0.595. The standard InChI is InChI=1S/C21H22F3N7O4/c1-20(2,3)35-19(34)30-9-12(32)7-14(30)17(33)26-18-25-15-6-5-11(8-31(15)28-18)13-10-29(4)27-16(13)21(22,23)24/h5-6,8,10,14H,7,9H2,1-4H3,(H,26,28,33)/t14-/m1/s1. The van der Waals surface area contributed by atoms with E-state index in [1.165, 1.54) is 36.1 Å². The van der Waals surface area contributed by atoms with Crippen LogP contribution in [0.15, 0.2) is 24.5 Å². The van der Waals surface area contributed by atoms with Crippen LogP contribution in [0.25, 0.3) is 16.8 Å². The molecule has 0 aromatic carbocycles. The third-order valence-electron chi connectivity index (χ3n) is 5.05. The number of nitrogens with one attached hydrogen (secondary N) is 1. The number of rotatable bonds is 3. The monoisotopic (exact) mass is 493 g/mol. The topological polar surface area (TPSA) is 124 Å². The van der Waals surface area contributed by atoms with Crippen molar-refractivity contribution < 1.29 is 32.3 Å². The van der Waals surface area contributed by atoms with Crippen LogP contribution >= 0.6 is 0 Å². The number of anilines is 1. The molecule has 4 heterocycles. The van der Waals surface area contributed by atoms with Gasteiger partial charge in [0.15, 0.2) is 17.1 Å². The maximum atomic E-state index is 13.3. The Labute approximate surface area is 196 Å². The molecule has 1 aliphatic heterocycles. The van der Waals surface area contributed by atoms with Crippen LogP contribution in [0.2, 0.25) is 0 Å². The van der Waals surface area contributed by atoms with Crippen molar-refractivity contribution in [3.8, 4) is 11.1 Å². The molecule has 0 aliphatic carbocycles. The van der Waals surface area contributed by atoms with Gasteiger partial charge in [0.2, 0.25) is 11.9 Å². The number of aromatic nitrogens is 5. The van der Waals surface area contributed by atoms with Crippen LogP contribution in [0.5, 0.6) is 0 Å². The van der Waals surface area contributed by atoms with Crippen molar-refractivity contribution in [1.82, 2.24) is 29.3 Å². The number of ether oxygens (including phenoxy) is 1. The number of halogens is 3.